The van der Waals surface area contributed by atoms with Crippen molar-refractivity contribution in [3.05, 3.63) is 94.0 Å². The van der Waals surface area contributed by atoms with Crippen molar-refractivity contribution in [3.63, 3.8) is 0 Å². The van der Waals surface area contributed by atoms with Gasteiger partial charge >= 0.3 is 0 Å². The molecule has 110 valence electrons. The minimum Gasteiger partial charge on any atom is -0.289 e. The first-order valence-corrected chi connectivity index (χ1v) is 7.26. The lowest BCUT2D eigenvalue weighted by molar-refractivity contribution is 0.103. The van der Waals surface area contributed by atoms with Gasteiger partial charge in [-0.15, -0.1) is 0 Å². The summed E-state index contributed by atoms with van der Waals surface area (Å²) in [7, 11) is 0. The molecule has 0 saturated carbocycles. The molecule has 0 unspecified atom stereocenters. The van der Waals surface area contributed by atoms with Crippen molar-refractivity contribution < 1.29 is 9.59 Å². The lowest BCUT2D eigenvalue weighted by Crippen LogP contribution is -1.94. The molecule has 0 aliphatic heterocycles. The van der Waals surface area contributed by atoms with Gasteiger partial charge in [0.25, 0.3) is 0 Å². The van der Waals surface area contributed by atoms with E-state index in [1.165, 1.54) is 24.3 Å². The maximum absolute atomic E-state index is 11.8. The van der Waals surface area contributed by atoms with E-state index in [-0.39, 0.29) is 11.6 Å². The Morgan fingerprint density at radius 3 is 1.27 bits per heavy atom. The highest BCUT2D eigenvalue weighted by Gasteiger charge is 2.01. The Morgan fingerprint density at radius 2 is 0.955 bits per heavy atom. The summed E-state index contributed by atoms with van der Waals surface area (Å²) >= 11 is 11.5. The quantitative estimate of drug-likeness (QED) is 0.430. The third kappa shape index (κ3) is 4.69. The zero-order valence-corrected chi connectivity index (χ0v) is 13.0. The van der Waals surface area contributed by atoms with Crippen LogP contribution in [0.2, 0.25) is 10.0 Å². The van der Waals surface area contributed by atoms with Crippen LogP contribution in [0.25, 0.3) is 0 Å². The van der Waals surface area contributed by atoms with Gasteiger partial charge < -0.3 is 0 Å². The van der Waals surface area contributed by atoms with Crippen molar-refractivity contribution in [1.29, 1.82) is 0 Å². The van der Waals surface area contributed by atoms with E-state index in [1.807, 2.05) is 0 Å². The third-order valence-electron chi connectivity index (χ3n) is 2.86. The summed E-state index contributed by atoms with van der Waals surface area (Å²) in [6.07, 6.45) is 5.86. The smallest absolute Gasteiger partial charge is 0.185 e. The number of allylic oxidation sites excluding steroid dienone is 4. The number of carbonyl (C=O) groups is 2. The first-order valence-electron chi connectivity index (χ1n) is 6.51. The lowest BCUT2D eigenvalue weighted by Gasteiger charge is -1.95. The highest BCUT2D eigenvalue weighted by molar-refractivity contribution is 6.31. The van der Waals surface area contributed by atoms with Crippen LogP contribution in [0, 0.1) is 0 Å². The Labute approximate surface area is 138 Å². The summed E-state index contributed by atoms with van der Waals surface area (Å²) < 4.78 is 0. The molecule has 0 atom stereocenters. The lowest BCUT2D eigenvalue weighted by atomic mass is 10.1. The number of ketones is 2. The van der Waals surface area contributed by atoms with E-state index in [4.69, 9.17) is 23.2 Å². The van der Waals surface area contributed by atoms with Gasteiger partial charge in [0.1, 0.15) is 0 Å². The van der Waals surface area contributed by atoms with Crippen molar-refractivity contribution in [2.45, 2.75) is 0 Å². The van der Waals surface area contributed by atoms with Gasteiger partial charge in [0.2, 0.25) is 0 Å². The molecule has 0 saturated heterocycles. The zero-order chi connectivity index (χ0) is 15.9. The van der Waals surface area contributed by atoms with Crippen molar-refractivity contribution >= 4 is 34.8 Å². The first kappa shape index (κ1) is 16.2. The summed E-state index contributed by atoms with van der Waals surface area (Å²) in [6.45, 7) is 0. The molecule has 0 bridgehead atoms. The maximum Gasteiger partial charge on any atom is 0.185 e. The van der Waals surface area contributed by atoms with Crippen LogP contribution in [-0.4, -0.2) is 11.6 Å². The average Bonchev–Trinajstić information content (AvgIpc) is 2.52. The van der Waals surface area contributed by atoms with E-state index < -0.39 is 0 Å². The van der Waals surface area contributed by atoms with Crippen LogP contribution in [0.1, 0.15) is 20.7 Å². The summed E-state index contributed by atoms with van der Waals surface area (Å²) in [4.78, 5) is 23.7. The first-order chi connectivity index (χ1) is 10.6. The van der Waals surface area contributed by atoms with E-state index in [9.17, 15) is 9.59 Å². The molecule has 0 spiro atoms. The minimum absolute atomic E-state index is 0.153. The van der Waals surface area contributed by atoms with Crippen LogP contribution < -0.4 is 0 Å². The summed E-state index contributed by atoms with van der Waals surface area (Å²) in [5.74, 6) is -0.305. The van der Waals surface area contributed by atoms with Crippen molar-refractivity contribution in [2.75, 3.05) is 0 Å². The topological polar surface area (TPSA) is 34.1 Å². The van der Waals surface area contributed by atoms with E-state index in [0.717, 1.165) is 0 Å². The third-order valence-corrected chi connectivity index (χ3v) is 3.37. The molecule has 4 heteroatoms. The predicted molar refractivity (Wildman–Crippen MR) is 89.8 cm³/mol. The van der Waals surface area contributed by atoms with Gasteiger partial charge in [-0.05, 0) is 60.7 Å². The Morgan fingerprint density at radius 1 is 0.636 bits per heavy atom. The van der Waals surface area contributed by atoms with Gasteiger partial charge in [-0.1, -0.05) is 35.4 Å². The normalized spacial score (nSPS) is 11.2. The van der Waals surface area contributed by atoms with Crippen LogP contribution in [0.3, 0.4) is 0 Å². The molecule has 0 N–H and O–H groups in total. The Kier molecular flexibility index (Phi) is 5.70. The highest BCUT2D eigenvalue weighted by Crippen LogP contribution is 2.11. The Bertz CT molecular complexity index is 661. The zero-order valence-electron chi connectivity index (χ0n) is 11.5. The predicted octanol–water partition coefficient (Wildman–Crippen LogP) is 5.17. The van der Waals surface area contributed by atoms with E-state index in [0.29, 0.717) is 21.2 Å². The number of rotatable bonds is 5. The standard InChI is InChI=1S/C18H12Cl2O2/c19-15-9-5-13(6-10-15)17(21)3-1-2-4-18(22)14-7-11-16(20)12-8-14/h1-12H/b3-1+,4-2+. The number of hydrogen-bond acceptors (Lipinski definition) is 2. The fourth-order valence-electron chi connectivity index (χ4n) is 1.71. The number of halogens is 2. The second kappa shape index (κ2) is 7.74. The number of benzene rings is 2. The Balaban J connectivity index is 1.96. The van der Waals surface area contributed by atoms with E-state index in [2.05, 4.69) is 0 Å². The van der Waals surface area contributed by atoms with E-state index in [1.54, 1.807) is 48.5 Å². The van der Waals surface area contributed by atoms with Gasteiger partial charge in [0.15, 0.2) is 11.6 Å². The molecule has 0 aliphatic carbocycles. The summed E-state index contributed by atoms with van der Waals surface area (Å²) in [5.41, 5.74) is 1.08. The van der Waals surface area contributed by atoms with Gasteiger partial charge in [0, 0.05) is 21.2 Å². The van der Waals surface area contributed by atoms with Crippen LogP contribution in [0.4, 0.5) is 0 Å². The largest absolute Gasteiger partial charge is 0.289 e. The Hall–Kier alpha value is -2.16. The monoisotopic (exact) mass is 330 g/mol. The molecule has 0 heterocycles. The minimum atomic E-state index is -0.153. The number of hydrogen-bond donors (Lipinski definition) is 0. The van der Waals surface area contributed by atoms with Crippen molar-refractivity contribution in [1.82, 2.24) is 0 Å². The molecule has 2 aromatic carbocycles. The molecule has 2 aromatic rings. The van der Waals surface area contributed by atoms with Gasteiger partial charge in [-0.3, -0.25) is 9.59 Å². The fraction of sp³-hybridized carbons (Fsp3) is 0. The molecule has 0 aromatic heterocycles. The molecule has 22 heavy (non-hydrogen) atoms. The van der Waals surface area contributed by atoms with Crippen LogP contribution in [-0.2, 0) is 0 Å². The van der Waals surface area contributed by atoms with Crippen LogP contribution in [0.15, 0.2) is 72.8 Å². The maximum atomic E-state index is 11.8. The van der Waals surface area contributed by atoms with Crippen molar-refractivity contribution in [2.24, 2.45) is 0 Å². The molecule has 0 fully saturated rings. The van der Waals surface area contributed by atoms with Gasteiger partial charge in [-0.2, -0.15) is 0 Å². The number of carbonyl (C=O) groups excluding carboxylic acids is 2. The second-order valence-electron chi connectivity index (χ2n) is 4.46. The van der Waals surface area contributed by atoms with Gasteiger partial charge in [0.05, 0.1) is 0 Å². The highest BCUT2D eigenvalue weighted by atomic mass is 35.5. The molecule has 0 radical (unpaired) electrons. The molecular weight excluding hydrogens is 319 g/mol. The molecule has 2 nitrogen and oxygen atoms in total. The van der Waals surface area contributed by atoms with Crippen LogP contribution >= 0.6 is 23.2 Å². The van der Waals surface area contributed by atoms with Crippen molar-refractivity contribution in [3.8, 4) is 0 Å². The molecule has 0 aliphatic rings. The molecule has 2 rings (SSSR count). The van der Waals surface area contributed by atoms with Gasteiger partial charge in [-0.25, -0.2) is 0 Å². The second-order valence-corrected chi connectivity index (χ2v) is 5.33. The van der Waals surface area contributed by atoms with Crippen LogP contribution in [0.5, 0.6) is 0 Å². The summed E-state index contributed by atoms with van der Waals surface area (Å²) in [6, 6.07) is 13.2. The fourth-order valence-corrected chi connectivity index (χ4v) is 1.96. The molecular formula is C18H12Cl2O2. The van der Waals surface area contributed by atoms with E-state index >= 15 is 0 Å². The average molecular weight is 331 g/mol. The summed E-state index contributed by atoms with van der Waals surface area (Å²) in [5, 5.41) is 1.16. The molecule has 0 amide bonds. The SMILES string of the molecule is O=C(/C=C/C=C/C(=O)c1ccc(Cl)cc1)c1ccc(Cl)cc1.